The van der Waals surface area contributed by atoms with Crippen molar-refractivity contribution in [2.75, 3.05) is 32.2 Å². The number of carboxylic acid groups (broad SMARTS) is 1. The van der Waals surface area contributed by atoms with Gasteiger partial charge in [0.25, 0.3) is 0 Å². The molecule has 1 atom stereocenters. The van der Waals surface area contributed by atoms with Crippen LogP contribution in [0.1, 0.15) is 31.2 Å². The average molecular weight is 642 g/mol. The topological polar surface area (TPSA) is 180 Å². The van der Waals surface area contributed by atoms with E-state index in [-0.39, 0.29) is 23.7 Å². The number of nitrogens with one attached hydrogen (secondary N) is 4. The smallest absolute Gasteiger partial charge is 0.404 e. The van der Waals surface area contributed by atoms with Crippen molar-refractivity contribution < 1.29 is 29.0 Å². The molecule has 246 valence electrons. The lowest BCUT2D eigenvalue weighted by Gasteiger charge is -2.29. The van der Waals surface area contributed by atoms with E-state index in [0.29, 0.717) is 50.5 Å². The quantitative estimate of drug-likeness (QED) is 0.125. The summed E-state index contributed by atoms with van der Waals surface area (Å²) in [6, 6.07) is 22.0. The molecular formula is C34H39N7O6. The third kappa shape index (κ3) is 9.60. The Hall–Kier alpha value is -5.30. The Balaban J connectivity index is 1.25. The molecule has 0 saturated heterocycles. The van der Waals surface area contributed by atoms with E-state index in [4.69, 9.17) is 14.6 Å². The molecular weight excluding hydrogens is 602 g/mol. The summed E-state index contributed by atoms with van der Waals surface area (Å²) in [4.78, 5) is 37.9. The second-order valence-corrected chi connectivity index (χ2v) is 11.5. The molecule has 0 bridgehead atoms. The molecule has 3 aromatic carbocycles. The highest BCUT2D eigenvalue weighted by Gasteiger charge is 2.30. The van der Waals surface area contributed by atoms with Crippen LogP contribution in [0.3, 0.4) is 0 Å². The van der Waals surface area contributed by atoms with Gasteiger partial charge in [0, 0.05) is 37.2 Å². The van der Waals surface area contributed by atoms with Gasteiger partial charge in [-0.1, -0.05) is 36.4 Å². The Bertz CT molecular complexity index is 1590. The first-order chi connectivity index (χ1) is 22.9. The van der Waals surface area contributed by atoms with Gasteiger partial charge in [-0.3, -0.25) is 9.59 Å². The van der Waals surface area contributed by atoms with Crippen LogP contribution in [0, 0.1) is 11.8 Å². The molecule has 3 amide bonds. The standard InChI is InChI=1S/C34H39N7O6/c1-46-18-19-47-29-16-12-25(13-17-29)24-6-2-22(3-7-24)20-30(37-32(42)27-8-4-23(5-9-27)21-35-34(44)45)33(43)36-28-14-10-26(11-15-28)31-38-40-41-39-31/h2-3,6-7,10-17,23,27,30,35H,4-5,8-9,18-21H2,1H3,(H,36,43)(H,37,42)(H,44,45)(H,38,39,40,41)/t23-,27-,30-/m0/s1. The maximum Gasteiger partial charge on any atom is 0.404 e. The van der Waals surface area contributed by atoms with Crippen LogP contribution in [-0.2, 0) is 20.7 Å². The molecule has 1 aromatic heterocycles. The Morgan fingerprint density at radius 1 is 0.894 bits per heavy atom. The fraction of sp³-hybridized carbons (Fsp3) is 0.353. The summed E-state index contributed by atoms with van der Waals surface area (Å²) in [7, 11) is 1.63. The number of carbonyl (C=O) groups excluding carboxylic acids is 2. The molecule has 0 unspecified atom stereocenters. The van der Waals surface area contributed by atoms with Crippen LogP contribution < -0.4 is 20.7 Å². The van der Waals surface area contributed by atoms with Crippen LogP contribution in [0.4, 0.5) is 10.5 Å². The first kappa shape index (κ1) is 33.1. The Labute approximate surface area is 272 Å². The van der Waals surface area contributed by atoms with Gasteiger partial charge in [0.15, 0.2) is 0 Å². The number of benzene rings is 3. The van der Waals surface area contributed by atoms with Gasteiger partial charge in [0.05, 0.1) is 6.61 Å². The number of aromatic amines is 1. The highest BCUT2D eigenvalue weighted by molar-refractivity contribution is 5.97. The Morgan fingerprint density at radius 3 is 2.17 bits per heavy atom. The Morgan fingerprint density at radius 2 is 1.55 bits per heavy atom. The van der Waals surface area contributed by atoms with Gasteiger partial charge >= 0.3 is 6.09 Å². The van der Waals surface area contributed by atoms with E-state index in [1.165, 1.54) is 0 Å². The molecule has 5 N–H and O–H groups in total. The van der Waals surface area contributed by atoms with Crippen LogP contribution in [-0.4, -0.2) is 76.5 Å². The van der Waals surface area contributed by atoms with Crippen LogP contribution in [0.5, 0.6) is 5.75 Å². The summed E-state index contributed by atoms with van der Waals surface area (Å²) in [5, 5.41) is 31.2. The second-order valence-electron chi connectivity index (χ2n) is 11.5. The number of anilines is 1. The molecule has 0 spiro atoms. The lowest BCUT2D eigenvalue weighted by molar-refractivity contribution is -0.130. The number of carbonyl (C=O) groups is 3. The van der Waals surface area contributed by atoms with Gasteiger partial charge in [-0.15, -0.1) is 10.2 Å². The van der Waals surface area contributed by atoms with Crippen molar-refractivity contribution >= 4 is 23.6 Å². The maximum atomic E-state index is 13.6. The van der Waals surface area contributed by atoms with E-state index in [2.05, 4.69) is 36.6 Å². The number of tetrazole rings is 1. The van der Waals surface area contributed by atoms with E-state index in [0.717, 1.165) is 40.8 Å². The zero-order valence-corrected chi connectivity index (χ0v) is 26.1. The highest BCUT2D eigenvalue weighted by atomic mass is 16.5. The fourth-order valence-corrected chi connectivity index (χ4v) is 5.63. The molecule has 0 radical (unpaired) electrons. The fourth-order valence-electron chi connectivity index (χ4n) is 5.63. The lowest BCUT2D eigenvalue weighted by atomic mass is 9.81. The second kappa shape index (κ2) is 16.3. The van der Waals surface area contributed by atoms with Crippen LogP contribution >= 0.6 is 0 Å². The predicted molar refractivity (Wildman–Crippen MR) is 175 cm³/mol. The van der Waals surface area contributed by atoms with E-state index in [9.17, 15) is 14.4 Å². The number of rotatable bonds is 14. The lowest BCUT2D eigenvalue weighted by Crippen LogP contribution is -2.48. The summed E-state index contributed by atoms with van der Waals surface area (Å²) < 4.78 is 10.7. The molecule has 1 saturated carbocycles. The normalized spacial score (nSPS) is 16.5. The van der Waals surface area contributed by atoms with Crippen molar-refractivity contribution in [3.05, 3.63) is 78.4 Å². The van der Waals surface area contributed by atoms with Gasteiger partial charge in [0.1, 0.15) is 18.4 Å². The highest BCUT2D eigenvalue weighted by Crippen LogP contribution is 2.29. The van der Waals surface area contributed by atoms with Gasteiger partial charge < -0.3 is 30.5 Å². The zero-order valence-electron chi connectivity index (χ0n) is 26.1. The number of hydrogen-bond donors (Lipinski definition) is 5. The van der Waals surface area contributed by atoms with E-state index >= 15 is 0 Å². The third-order valence-corrected chi connectivity index (χ3v) is 8.29. The van der Waals surface area contributed by atoms with Crippen molar-refractivity contribution in [1.29, 1.82) is 0 Å². The number of aromatic nitrogens is 4. The molecule has 47 heavy (non-hydrogen) atoms. The summed E-state index contributed by atoms with van der Waals surface area (Å²) in [5.41, 5.74) is 4.24. The molecule has 0 aliphatic heterocycles. The predicted octanol–water partition coefficient (Wildman–Crippen LogP) is 4.30. The maximum absolute atomic E-state index is 13.6. The van der Waals surface area contributed by atoms with Crippen molar-refractivity contribution in [3.8, 4) is 28.3 Å². The van der Waals surface area contributed by atoms with Crippen molar-refractivity contribution in [2.24, 2.45) is 11.8 Å². The average Bonchev–Trinajstić information content (AvgIpc) is 3.64. The van der Waals surface area contributed by atoms with Crippen LogP contribution in [0.2, 0.25) is 0 Å². The Kier molecular flexibility index (Phi) is 11.5. The summed E-state index contributed by atoms with van der Waals surface area (Å²) in [6.07, 6.45) is 2.00. The first-order valence-corrected chi connectivity index (χ1v) is 15.6. The molecule has 1 heterocycles. The van der Waals surface area contributed by atoms with Crippen LogP contribution in [0.15, 0.2) is 72.8 Å². The van der Waals surface area contributed by atoms with Gasteiger partial charge in [-0.25, -0.2) is 4.79 Å². The van der Waals surface area contributed by atoms with Crippen LogP contribution in [0.25, 0.3) is 22.5 Å². The third-order valence-electron chi connectivity index (χ3n) is 8.29. The molecule has 1 aliphatic rings. The SMILES string of the molecule is COCCOc1ccc(-c2ccc(C[C@H](NC(=O)[C@H]3CC[C@H](CNC(=O)O)CC3)C(=O)Nc3ccc(-c4nn[nH]n4)cc3)cc2)cc1. The molecule has 1 aliphatic carbocycles. The summed E-state index contributed by atoms with van der Waals surface area (Å²) in [6.45, 7) is 1.37. The molecule has 4 aromatic rings. The van der Waals surface area contributed by atoms with Gasteiger partial charge in [0.2, 0.25) is 17.6 Å². The first-order valence-electron chi connectivity index (χ1n) is 15.6. The number of amides is 3. The van der Waals surface area contributed by atoms with Crippen molar-refractivity contribution in [1.82, 2.24) is 31.3 Å². The molecule has 13 nitrogen and oxygen atoms in total. The molecule has 5 rings (SSSR count). The van der Waals surface area contributed by atoms with Crippen molar-refractivity contribution in [2.45, 2.75) is 38.1 Å². The number of H-pyrrole nitrogens is 1. The number of ether oxygens (including phenoxy) is 2. The number of methoxy groups -OCH3 is 1. The number of hydrogen-bond acceptors (Lipinski definition) is 8. The molecule has 13 heteroatoms. The zero-order chi connectivity index (χ0) is 33.0. The number of nitrogens with zero attached hydrogens (tertiary/aromatic N) is 3. The van der Waals surface area contributed by atoms with Gasteiger partial charge in [-0.2, -0.15) is 5.21 Å². The minimum atomic E-state index is -1.04. The van der Waals surface area contributed by atoms with Gasteiger partial charge in [-0.05, 0) is 89.9 Å². The summed E-state index contributed by atoms with van der Waals surface area (Å²) in [5.74, 6) is 0.648. The minimum Gasteiger partial charge on any atom is -0.491 e. The van der Waals surface area contributed by atoms with E-state index < -0.39 is 12.1 Å². The van der Waals surface area contributed by atoms with E-state index in [1.807, 2.05) is 48.5 Å². The monoisotopic (exact) mass is 641 g/mol. The largest absolute Gasteiger partial charge is 0.491 e. The van der Waals surface area contributed by atoms with Crippen molar-refractivity contribution in [3.63, 3.8) is 0 Å². The molecule has 1 fully saturated rings. The van der Waals surface area contributed by atoms with E-state index in [1.54, 1.807) is 31.4 Å². The summed E-state index contributed by atoms with van der Waals surface area (Å²) >= 11 is 0. The minimum absolute atomic E-state index is 0.174.